The molecule has 0 aliphatic carbocycles. The van der Waals surface area contributed by atoms with Crippen LogP contribution in [0, 0.1) is 0 Å². The monoisotopic (exact) mass is 276 g/mol. The maximum atomic E-state index is 11.5. The minimum atomic E-state index is 0.102. The Morgan fingerprint density at radius 3 is 2.80 bits per heavy atom. The molecule has 108 valence electrons. The van der Waals surface area contributed by atoms with Gasteiger partial charge >= 0.3 is 0 Å². The fourth-order valence-electron chi connectivity index (χ4n) is 1.99. The van der Waals surface area contributed by atoms with E-state index in [1.54, 1.807) is 19.0 Å². The van der Waals surface area contributed by atoms with Crippen LogP contribution < -0.4 is 10.5 Å². The van der Waals surface area contributed by atoms with Crippen molar-refractivity contribution in [2.75, 3.05) is 20.7 Å². The maximum Gasteiger partial charge on any atom is 0.222 e. The van der Waals surface area contributed by atoms with Crippen LogP contribution in [0.2, 0.25) is 0 Å². The summed E-state index contributed by atoms with van der Waals surface area (Å²) in [5, 5.41) is 0.923. The number of ether oxygens (including phenoxy) is 1. The Bertz CT molecular complexity index is 590. The van der Waals surface area contributed by atoms with Crippen molar-refractivity contribution in [1.82, 2.24) is 4.90 Å². The van der Waals surface area contributed by atoms with Crippen LogP contribution in [-0.2, 0) is 11.3 Å². The lowest BCUT2D eigenvalue weighted by atomic mass is 10.2. The molecular formula is C15H20N2O3. The minimum absolute atomic E-state index is 0.102. The summed E-state index contributed by atoms with van der Waals surface area (Å²) >= 11 is 0. The average Bonchev–Trinajstić information content (AvgIpc) is 2.81. The van der Waals surface area contributed by atoms with Gasteiger partial charge in [0.15, 0.2) is 11.5 Å². The Morgan fingerprint density at radius 1 is 1.35 bits per heavy atom. The largest absolute Gasteiger partial charge is 0.489 e. The Balaban J connectivity index is 2.00. The van der Waals surface area contributed by atoms with Crippen LogP contribution in [0.15, 0.2) is 28.7 Å². The molecule has 0 aliphatic heterocycles. The number of carbonyl (C=O) groups is 1. The van der Waals surface area contributed by atoms with Gasteiger partial charge < -0.3 is 19.8 Å². The third kappa shape index (κ3) is 3.11. The van der Waals surface area contributed by atoms with E-state index in [0.717, 1.165) is 11.0 Å². The van der Waals surface area contributed by atoms with E-state index < -0.39 is 0 Å². The predicted octanol–water partition coefficient (Wildman–Crippen LogP) is 2.14. The van der Waals surface area contributed by atoms with E-state index in [2.05, 4.69) is 0 Å². The fourth-order valence-corrected chi connectivity index (χ4v) is 1.99. The van der Waals surface area contributed by atoms with Gasteiger partial charge in [-0.2, -0.15) is 0 Å². The van der Waals surface area contributed by atoms with E-state index in [-0.39, 0.29) is 5.91 Å². The molecule has 1 aromatic heterocycles. The highest BCUT2D eigenvalue weighted by molar-refractivity contribution is 5.85. The summed E-state index contributed by atoms with van der Waals surface area (Å²) in [5.74, 6) is 1.44. The molecule has 0 fully saturated rings. The average molecular weight is 276 g/mol. The third-order valence-electron chi connectivity index (χ3n) is 3.08. The van der Waals surface area contributed by atoms with Crippen LogP contribution in [0.25, 0.3) is 11.0 Å². The molecule has 2 rings (SSSR count). The van der Waals surface area contributed by atoms with Crippen LogP contribution in [0.5, 0.6) is 5.75 Å². The molecule has 0 radical (unpaired) electrons. The number of fused-ring (bicyclic) bond motifs is 1. The Kier molecular flexibility index (Phi) is 4.63. The molecule has 1 amide bonds. The van der Waals surface area contributed by atoms with Crippen molar-refractivity contribution >= 4 is 16.9 Å². The van der Waals surface area contributed by atoms with Gasteiger partial charge in [0, 0.05) is 20.5 Å². The lowest BCUT2D eigenvalue weighted by Crippen LogP contribution is -2.21. The zero-order valence-electron chi connectivity index (χ0n) is 11.9. The maximum absolute atomic E-state index is 11.5. The summed E-state index contributed by atoms with van der Waals surface area (Å²) in [4.78, 5) is 13.1. The van der Waals surface area contributed by atoms with Crippen molar-refractivity contribution in [2.45, 2.75) is 19.4 Å². The van der Waals surface area contributed by atoms with Gasteiger partial charge in [-0.3, -0.25) is 4.79 Å². The topological polar surface area (TPSA) is 68.7 Å². The van der Waals surface area contributed by atoms with Crippen molar-refractivity contribution in [1.29, 1.82) is 0 Å². The van der Waals surface area contributed by atoms with E-state index in [4.69, 9.17) is 14.9 Å². The highest BCUT2D eigenvalue weighted by atomic mass is 16.5. The van der Waals surface area contributed by atoms with Crippen LogP contribution in [0.1, 0.15) is 18.6 Å². The molecule has 0 saturated carbocycles. The number of hydrogen-bond acceptors (Lipinski definition) is 4. The van der Waals surface area contributed by atoms with Crippen LogP contribution in [0.3, 0.4) is 0 Å². The van der Waals surface area contributed by atoms with Crippen LogP contribution in [-0.4, -0.2) is 31.5 Å². The number of amides is 1. The first kappa shape index (κ1) is 14.4. The smallest absolute Gasteiger partial charge is 0.222 e. The summed E-state index contributed by atoms with van der Waals surface area (Å²) in [7, 11) is 3.50. The summed E-state index contributed by atoms with van der Waals surface area (Å²) in [6.45, 7) is 0.761. The molecule has 5 heteroatoms. The molecule has 0 bridgehead atoms. The van der Waals surface area contributed by atoms with E-state index >= 15 is 0 Å². The van der Waals surface area contributed by atoms with Crippen LogP contribution >= 0.6 is 0 Å². The molecule has 2 aromatic rings. The zero-order valence-corrected chi connectivity index (χ0v) is 11.9. The number of nitrogens with zero attached hydrogens (tertiary/aromatic N) is 1. The first-order valence-corrected chi connectivity index (χ1v) is 6.67. The predicted molar refractivity (Wildman–Crippen MR) is 77.5 cm³/mol. The van der Waals surface area contributed by atoms with E-state index in [9.17, 15) is 4.79 Å². The quantitative estimate of drug-likeness (QED) is 0.821. The first-order chi connectivity index (χ1) is 9.63. The van der Waals surface area contributed by atoms with Gasteiger partial charge in [-0.05, 0) is 18.6 Å². The second kappa shape index (κ2) is 6.43. The highest BCUT2D eigenvalue weighted by Gasteiger charge is 2.14. The molecule has 0 saturated heterocycles. The van der Waals surface area contributed by atoms with Crippen LogP contribution in [0.4, 0.5) is 0 Å². The minimum Gasteiger partial charge on any atom is -0.489 e. The van der Waals surface area contributed by atoms with Crippen molar-refractivity contribution in [3.63, 3.8) is 0 Å². The Hall–Kier alpha value is -2.01. The third-order valence-corrected chi connectivity index (χ3v) is 3.08. The molecule has 0 aliphatic rings. The summed E-state index contributed by atoms with van der Waals surface area (Å²) in [6.07, 6.45) is 1.14. The van der Waals surface area contributed by atoms with Gasteiger partial charge in [-0.1, -0.05) is 12.1 Å². The number of nitrogens with two attached hydrogens (primary N) is 1. The van der Waals surface area contributed by atoms with E-state index in [1.807, 2.05) is 24.3 Å². The number of hydrogen-bond donors (Lipinski definition) is 1. The number of para-hydroxylation sites is 1. The molecule has 0 unspecified atom stereocenters. The number of furan rings is 1. The molecule has 2 N–H and O–H groups in total. The fraction of sp³-hybridized carbons (Fsp3) is 0.400. The van der Waals surface area contributed by atoms with Crippen molar-refractivity contribution in [3.05, 3.63) is 30.0 Å². The molecule has 0 spiro atoms. The van der Waals surface area contributed by atoms with Crippen molar-refractivity contribution in [2.24, 2.45) is 5.73 Å². The first-order valence-electron chi connectivity index (χ1n) is 6.67. The number of rotatable bonds is 6. The van der Waals surface area contributed by atoms with Crippen molar-refractivity contribution < 1.29 is 13.9 Å². The number of carbonyl (C=O) groups excluding carboxylic acids is 1. The normalized spacial score (nSPS) is 10.8. The molecule has 20 heavy (non-hydrogen) atoms. The summed E-state index contributed by atoms with van der Waals surface area (Å²) in [5.41, 5.74) is 6.44. The van der Waals surface area contributed by atoms with Gasteiger partial charge in [0.1, 0.15) is 5.58 Å². The highest BCUT2D eigenvalue weighted by Crippen LogP contribution is 2.32. The van der Waals surface area contributed by atoms with Gasteiger partial charge in [0.25, 0.3) is 0 Å². The lowest BCUT2D eigenvalue weighted by molar-refractivity contribution is -0.128. The SMILES string of the molecule is CN(C)C(=O)CCCOc1c(CN)oc2ccccc12. The summed E-state index contributed by atoms with van der Waals surface area (Å²) < 4.78 is 11.4. The molecule has 5 nitrogen and oxygen atoms in total. The molecule has 0 atom stereocenters. The number of benzene rings is 1. The zero-order chi connectivity index (χ0) is 14.5. The van der Waals surface area contributed by atoms with Crippen molar-refractivity contribution in [3.8, 4) is 5.75 Å². The van der Waals surface area contributed by atoms with E-state index in [0.29, 0.717) is 37.5 Å². The van der Waals surface area contributed by atoms with Gasteiger partial charge in [0.2, 0.25) is 5.91 Å². The standard InChI is InChI=1S/C15H20N2O3/c1-17(2)14(18)8-5-9-19-15-11-6-3-4-7-12(11)20-13(15)10-16/h3-4,6-7H,5,8-10,16H2,1-2H3. The van der Waals surface area contributed by atoms with Gasteiger partial charge in [-0.15, -0.1) is 0 Å². The molecule has 1 aromatic carbocycles. The Labute approximate surface area is 118 Å². The summed E-state index contributed by atoms with van der Waals surface area (Å²) in [6, 6.07) is 7.67. The molecule has 1 heterocycles. The second-order valence-corrected chi connectivity index (χ2v) is 4.79. The second-order valence-electron chi connectivity index (χ2n) is 4.79. The van der Waals surface area contributed by atoms with E-state index in [1.165, 1.54) is 0 Å². The lowest BCUT2D eigenvalue weighted by Gasteiger charge is -2.10. The van der Waals surface area contributed by atoms with Gasteiger partial charge in [-0.25, -0.2) is 0 Å². The molecular weight excluding hydrogens is 256 g/mol. The van der Waals surface area contributed by atoms with Gasteiger partial charge in [0.05, 0.1) is 18.5 Å². The Morgan fingerprint density at radius 2 is 2.10 bits per heavy atom.